The van der Waals surface area contributed by atoms with Gasteiger partial charge in [-0.15, -0.1) is 0 Å². The van der Waals surface area contributed by atoms with Crippen LogP contribution in [0.5, 0.6) is 5.75 Å². The fraction of sp³-hybridized carbons (Fsp3) is 0.235. The molecule has 0 fully saturated rings. The van der Waals surface area contributed by atoms with E-state index in [-0.39, 0.29) is 6.10 Å². The number of nitrogens with one attached hydrogen (secondary N) is 1. The Morgan fingerprint density at radius 3 is 2.68 bits per heavy atom. The van der Waals surface area contributed by atoms with E-state index in [4.69, 9.17) is 9.57 Å². The van der Waals surface area contributed by atoms with Gasteiger partial charge >= 0.3 is 6.18 Å². The number of methoxy groups -OCH3 is 1. The van der Waals surface area contributed by atoms with Crippen molar-refractivity contribution in [3.8, 4) is 5.75 Å². The van der Waals surface area contributed by atoms with Crippen LogP contribution in [0, 0.1) is 0 Å². The Morgan fingerprint density at radius 1 is 1.24 bits per heavy atom. The first kappa shape index (κ1) is 17.6. The minimum atomic E-state index is -4.40. The molecule has 1 aliphatic rings. The van der Waals surface area contributed by atoms with Gasteiger partial charge in [-0.25, -0.2) is 0 Å². The summed E-state index contributed by atoms with van der Waals surface area (Å²) in [5, 5.41) is 6.83. The monoisotopic (exact) mass is 414 g/mol. The van der Waals surface area contributed by atoms with Crippen LogP contribution in [0.25, 0.3) is 0 Å². The molecule has 3 rings (SSSR count). The standard InChI is InChI=1S/C17H14BrF3N2O2/c1-24-14-6-5-10(15-9-16(18)23-25-15)7-13(14)22-12-4-2-3-11(8-12)17(19,20)21/h2-8,15,22H,9H2,1H3. The maximum absolute atomic E-state index is 12.9. The zero-order valence-electron chi connectivity index (χ0n) is 13.1. The van der Waals surface area contributed by atoms with Crippen molar-refractivity contribution in [2.75, 3.05) is 12.4 Å². The van der Waals surface area contributed by atoms with Gasteiger partial charge in [0, 0.05) is 12.1 Å². The van der Waals surface area contributed by atoms with E-state index < -0.39 is 11.7 Å². The number of rotatable bonds is 4. The van der Waals surface area contributed by atoms with Crippen molar-refractivity contribution in [2.45, 2.75) is 18.7 Å². The van der Waals surface area contributed by atoms with Gasteiger partial charge in [-0.1, -0.05) is 17.3 Å². The highest BCUT2D eigenvalue weighted by Gasteiger charge is 2.30. The smallest absolute Gasteiger partial charge is 0.416 e. The molecule has 1 heterocycles. The van der Waals surface area contributed by atoms with Gasteiger partial charge in [0.1, 0.15) is 10.4 Å². The van der Waals surface area contributed by atoms with E-state index in [0.717, 1.165) is 17.7 Å². The van der Waals surface area contributed by atoms with Crippen LogP contribution in [0.4, 0.5) is 24.5 Å². The minimum Gasteiger partial charge on any atom is -0.495 e. The molecule has 1 N–H and O–H groups in total. The maximum atomic E-state index is 12.9. The Bertz CT molecular complexity index is 809. The van der Waals surface area contributed by atoms with Gasteiger partial charge in [-0.2, -0.15) is 13.2 Å². The molecular formula is C17H14BrF3N2O2. The summed E-state index contributed by atoms with van der Waals surface area (Å²) >= 11 is 3.28. The summed E-state index contributed by atoms with van der Waals surface area (Å²) in [7, 11) is 1.50. The summed E-state index contributed by atoms with van der Waals surface area (Å²) in [6.07, 6.45) is -4.05. The lowest BCUT2D eigenvalue weighted by Gasteiger charge is -2.16. The van der Waals surface area contributed by atoms with Crippen LogP contribution < -0.4 is 10.1 Å². The summed E-state index contributed by atoms with van der Waals surface area (Å²) in [6, 6.07) is 10.4. The van der Waals surface area contributed by atoms with Crippen LogP contribution in [0.15, 0.2) is 47.6 Å². The first-order chi connectivity index (χ1) is 11.9. The average molecular weight is 415 g/mol. The number of oxime groups is 1. The van der Waals surface area contributed by atoms with Crippen LogP contribution in [0.1, 0.15) is 23.7 Å². The number of nitrogens with zero attached hydrogens (tertiary/aromatic N) is 1. The van der Waals surface area contributed by atoms with Gasteiger partial charge in [0.25, 0.3) is 0 Å². The summed E-state index contributed by atoms with van der Waals surface area (Å²) in [5.74, 6) is 0.513. The fourth-order valence-electron chi connectivity index (χ4n) is 2.48. The van der Waals surface area contributed by atoms with Crippen molar-refractivity contribution in [3.05, 3.63) is 53.6 Å². The SMILES string of the molecule is COc1ccc(C2CC(Br)=NO2)cc1Nc1cccc(C(F)(F)F)c1. The molecule has 1 aliphatic heterocycles. The van der Waals surface area contributed by atoms with E-state index in [1.165, 1.54) is 13.2 Å². The van der Waals surface area contributed by atoms with Crippen LogP contribution in [-0.2, 0) is 11.0 Å². The second kappa shape index (κ2) is 6.95. The zero-order chi connectivity index (χ0) is 18.0. The Kier molecular flexibility index (Phi) is 4.89. The predicted octanol–water partition coefficient (Wildman–Crippen LogP) is 5.63. The second-order valence-corrected chi connectivity index (χ2v) is 6.34. The molecule has 0 spiro atoms. The van der Waals surface area contributed by atoms with Gasteiger partial charge in [-0.3, -0.25) is 0 Å². The summed E-state index contributed by atoms with van der Waals surface area (Å²) in [4.78, 5) is 5.32. The van der Waals surface area contributed by atoms with Crippen LogP contribution in [0.3, 0.4) is 0 Å². The van der Waals surface area contributed by atoms with Gasteiger partial charge < -0.3 is 14.9 Å². The van der Waals surface area contributed by atoms with E-state index in [2.05, 4.69) is 26.4 Å². The molecule has 0 radical (unpaired) electrons. The number of ether oxygens (including phenoxy) is 1. The van der Waals surface area contributed by atoms with Crippen molar-refractivity contribution < 1.29 is 22.7 Å². The minimum absolute atomic E-state index is 0.248. The topological polar surface area (TPSA) is 42.9 Å². The molecule has 8 heteroatoms. The molecule has 0 aliphatic carbocycles. The molecule has 2 aromatic carbocycles. The maximum Gasteiger partial charge on any atom is 0.416 e. The predicted molar refractivity (Wildman–Crippen MR) is 92.5 cm³/mol. The lowest BCUT2D eigenvalue weighted by atomic mass is 10.1. The Balaban J connectivity index is 1.88. The van der Waals surface area contributed by atoms with Crippen molar-refractivity contribution in [3.63, 3.8) is 0 Å². The van der Waals surface area contributed by atoms with Gasteiger partial charge in [-0.05, 0) is 51.8 Å². The number of anilines is 2. The number of benzene rings is 2. The second-order valence-electron chi connectivity index (χ2n) is 5.43. The summed E-state index contributed by atoms with van der Waals surface area (Å²) in [5.41, 5.74) is 0.985. The van der Waals surface area contributed by atoms with E-state index in [0.29, 0.717) is 28.2 Å². The van der Waals surface area contributed by atoms with Crippen LogP contribution in [0.2, 0.25) is 0 Å². The Hall–Kier alpha value is -2.22. The van der Waals surface area contributed by atoms with Crippen LogP contribution >= 0.6 is 15.9 Å². The van der Waals surface area contributed by atoms with Gasteiger partial charge in [0.15, 0.2) is 6.10 Å². The normalized spacial score (nSPS) is 17.0. The molecule has 0 bridgehead atoms. The molecule has 132 valence electrons. The molecule has 0 saturated carbocycles. The van der Waals surface area contributed by atoms with E-state index in [1.54, 1.807) is 18.2 Å². The molecule has 2 aromatic rings. The third-order valence-electron chi connectivity index (χ3n) is 3.70. The number of halogens is 4. The van der Waals surface area contributed by atoms with E-state index in [1.807, 2.05) is 6.07 Å². The first-order valence-electron chi connectivity index (χ1n) is 7.37. The van der Waals surface area contributed by atoms with Gasteiger partial charge in [0.2, 0.25) is 0 Å². The molecule has 0 saturated heterocycles. The van der Waals surface area contributed by atoms with Crippen molar-refractivity contribution in [1.29, 1.82) is 0 Å². The zero-order valence-corrected chi connectivity index (χ0v) is 14.7. The molecule has 0 aromatic heterocycles. The molecule has 4 nitrogen and oxygen atoms in total. The average Bonchev–Trinajstić information content (AvgIpc) is 3.01. The van der Waals surface area contributed by atoms with Crippen LogP contribution in [-0.4, -0.2) is 11.7 Å². The molecule has 25 heavy (non-hydrogen) atoms. The Morgan fingerprint density at radius 2 is 2.04 bits per heavy atom. The number of hydrogen-bond acceptors (Lipinski definition) is 4. The van der Waals surface area contributed by atoms with Crippen molar-refractivity contribution in [1.82, 2.24) is 0 Å². The quantitative estimate of drug-likeness (QED) is 0.704. The lowest BCUT2D eigenvalue weighted by molar-refractivity contribution is -0.137. The highest BCUT2D eigenvalue weighted by atomic mass is 79.9. The number of hydrogen-bond donors (Lipinski definition) is 1. The van der Waals surface area contributed by atoms with E-state index in [9.17, 15) is 13.2 Å². The summed E-state index contributed by atoms with van der Waals surface area (Å²) < 4.78 is 44.6. The third-order valence-corrected chi connectivity index (χ3v) is 4.17. The molecule has 1 atom stereocenters. The van der Waals surface area contributed by atoms with E-state index >= 15 is 0 Å². The molecule has 1 unspecified atom stereocenters. The largest absolute Gasteiger partial charge is 0.495 e. The number of alkyl halides is 3. The highest BCUT2D eigenvalue weighted by molar-refractivity contribution is 9.18. The lowest BCUT2D eigenvalue weighted by Crippen LogP contribution is -2.05. The summed E-state index contributed by atoms with van der Waals surface area (Å²) in [6.45, 7) is 0. The first-order valence-corrected chi connectivity index (χ1v) is 8.16. The van der Waals surface area contributed by atoms with Crippen molar-refractivity contribution >= 4 is 31.9 Å². The Labute approximate surface area is 150 Å². The molecular weight excluding hydrogens is 401 g/mol. The van der Waals surface area contributed by atoms with Gasteiger partial charge in [0.05, 0.1) is 18.4 Å². The molecule has 0 amide bonds. The fourth-order valence-corrected chi connectivity index (χ4v) is 2.86. The van der Waals surface area contributed by atoms with Crippen molar-refractivity contribution in [2.24, 2.45) is 5.16 Å². The third kappa shape index (κ3) is 4.07. The highest BCUT2D eigenvalue weighted by Crippen LogP contribution is 2.36.